The molecule has 4 nitrogen and oxygen atoms in total. The van der Waals surface area contributed by atoms with Crippen LogP contribution in [0, 0.1) is 13.8 Å². The topological polar surface area (TPSA) is 62.0 Å². The first-order valence-corrected chi connectivity index (χ1v) is 9.23. The van der Waals surface area contributed by atoms with Crippen molar-refractivity contribution in [2.75, 3.05) is 0 Å². The van der Waals surface area contributed by atoms with Crippen molar-refractivity contribution >= 4 is 10.0 Å². The summed E-state index contributed by atoms with van der Waals surface area (Å²) >= 11 is 0. The molecule has 0 aliphatic heterocycles. The lowest BCUT2D eigenvalue weighted by Crippen LogP contribution is -2.29. The zero-order valence-corrected chi connectivity index (χ0v) is 14.5. The second kappa shape index (κ2) is 6.63. The normalized spacial score (nSPS) is 12.9. The minimum absolute atomic E-state index is 0.261. The third kappa shape index (κ3) is 3.58. The van der Waals surface area contributed by atoms with E-state index in [-0.39, 0.29) is 4.90 Å². The number of aromatic nitrogens is 1. The zero-order chi connectivity index (χ0) is 17.2. The first-order chi connectivity index (χ1) is 11.5. The summed E-state index contributed by atoms with van der Waals surface area (Å²) in [7, 11) is -3.63. The third-order valence-corrected chi connectivity index (χ3v) is 5.39. The molecule has 1 aromatic heterocycles. The molecule has 1 atom stereocenters. The standard InChI is InChI=1S/C19H20N2O2S/c1-14-5-9-16(10-6-14)19(18-4-3-13-20-18)21-24(22,23)17-11-7-15(2)8-12-17/h3-13,19-21H,1-2H3. The van der Waals surface area contributed by atoms with E-state index in [1.807, 2.05) is 50.2 Å². The van der Waals surface area contributed by atoms with Gasteiger partial charge in [-0.1, -0.05) is 47.5 Å². The molecule has 0 saturated heterocycles. The molecule has 0 aliphatic rings. The molecule has 0 saturated carbocycles. The van der Waals surface area contributed by atoms with Gasteiger partial charge in [-0.05, 0) is 43.7 Å². The number of hydrogen-bond acceptors (Lipinski definition) is 2. The van der Waals surface area contributed by atoms with Gasteiger partial charge in [0.15, 0.2) is 0 Å². The predicted molar refractivity (Wildman–Crippen MR) is 95.3 cm³/mol. The number of aryl methyl sites for hydroxylation is 2. The van der Waals surface area contributed by atoms with E-state index in [2.05, 4.69) is 9.71 Å². The highest BCUT2D eigenvalue weighted by atomic mass is 32.2. The van der Waals surface area contributed by atoms with E-state index in [4.69, 9.17) is 0 Å². The molecule has 0 aliphatic carbocycles. The molecule has 0 radical (unpaired) electrons. The van der Waals surface area contributed by atoms with Crippen LogP contribution in [-0.2, 0) is 10.0 Å². The molecule has 1 heterocycles. The first-order valence-electron chi connectivity index (χ1n) is 7.74. The predicted octanol–water partition coefficient (Wildman–Crippen LogP) is 3.70. The minimum Gasteiger partial charge on any atom is -0.363 e. The Morgan fingerprint density at radius 2 is 1.46 bits per heavy atom. The van der Waals surface area contributed by atoms with Gasteiger partial charge in [-0.15, -0.1) is 0 Å². The Morgan fingerprint density at radius 3 is 2.00 bits per heavy atom. The lowest BCUT2D eigenvalue weighted by atomic mass is 10.0. The molecule has 0 bridgehead atoms. The van der Waals surface area contributed by atoms with E-state index < -0.39 is 16.1 Å². The summed E-state index contributed by atoms with van der Waals surface area (Å²) in [6.07, 6.45) is 1.79. The van der Waals surface area contributed by atoms with Crippen molar-refractivity contribution in [3.05, 3.63) is 89.2 Å². The van der Waals surface area contributed by atoms with Crippen LogP contribution >= 0.6 is 0 Å². The maximum Gasteiger partial charge on any atom is 0.241 e. The Hall–Kier alpha value is -2.37. The second-order valence-electron chi connectivity index (χ2n) is 5.90. The molecule has 5 heteroatoms. The van der Waals surface area contributed by atoms with Crippen LogP contribution < -0.4 is 4.72 Å². The van der Waals surface area contributed by atoms with E-state index in [9.17, 15) is 8.42 Å². The SMILES string of the molecule is Cc1ccc(C(NS(=O)(=O)c2ccc(C)cc2)c2ccc[nH]2)cc1. The van der Waals surface area contributed by atoms with Crippen LogP contribution in [0.4, 0.5) is 0 Å². The van der Waals surface area contributed by atoms with E-state index >= 15 is 0 Å². The van der Waals surface area contributed by atoms with Gasteiger partial charge in [0, 0.05) is 11.9 Å². The van der Waals surface area contributed by atoms with Crippen LogP contribution in [0.2, 0.25) is 0 Å². The molecule has 0 fully saturated rings. The van der Waals surface area contributed by atoms with Crippen LogP contribution in [-0.4, -0.2) is 13.4 Å². The second-order valence-corrected chi connectivity index (χ2v) is 7.62. The van der Waals surface area contributed by atoms with Gasteiger partial charge in [-0.2, -0.15) is 4.72 Å². The highest BCUT2D eigenvalue weighted by Crippen LogP contribution is 2.24. The monoisotopic (exact) mass is 340 g/mol. The van der Waals surface area contributed by atoms with Gasteiger partial charge >= 0.3 is 0 Å². The number of rotatable bonds is 5. The van der Waals surface area contributed by atoms with Crippen molar-refractivity contribution in [1.29, 1.82) is 0 Å². The van der Waals surface area contributed by atoms with Gasteiger partial charge in [-0.25, -0.2) is 8.42 Å². The fraction of sp³-hybridized carbons (Fsp3) is 0.158. The van der Waals surface area contributed by atoms with Gasteiger partial charge in [-0.3, -0.25) is 0 Å². The highest BCUT2D eigenvalue weighted by molar-refractivity contribution is 7.89. The number of nitrogens with one attached hydrogen (secondary N) is 2. The van der Waals surface area contributed by atoms with Crippen molar-refractivity contribution in [2.45, 2.75) is 24.8 Å². The van der Waals surface area contributed by atoms with Gasteiger partial charge in [0.2, 0.25) is 10.0 Å². The average molecular weight is 340 g/mol. The molecule has 0 amide bonds. The molecular weight excluding hydrogens is 320 g/mol. The third-order valence-electron chi connectivity index (χ3n) is 3.95. The molecule has 1 unspecified atom stereocenters. The van der Waals surface area contributed by atoms with Gasteiger partial charge in [0.05, 0.1) is 10.9 Å². The van der Waals surface area contributed by atoms with Gasteiger partial charge in [0.25, 0.3) is 0 Å². The van der Waals surface area contributed by atoms with Crippen LogP contribution in [0.5, 0.6) is 0 Å². The largest absolute Gasteiger partial charge is 0.363 e. The Kier molecular flexibility index (Phi) is 4.55. The summed E-state index contributed by atoms with van der Waals surface area (Å²) in [6.45, 7) is 3.93. The molecular formula is C19H20N2O2S. The van der Waals surface area contributed by atoms with E-state index in [1.54, 1.807) is 30.5 Å². The molecule has 3 rings (SSSR count). The summed E-state index contributed by atoms with van der Waals surface area (Å²) in [5, 5.41) is 0. The zero-order valence-electron chi connectivity index (χ0n) is 13.7. The van der Waals surface area contributed by atoms with E-state index in [0.29, 0.717) is 0 Å². The quantitative estimate of drug-likeness (QED) is 0.744. The van der Waals surface area contributed by atoms with Crippen LogP contribution in [0.1, 0.15) is 28.4 Å². The van der Waals surface area contributed by atoms with Crippen molar-refractivity contribution < 1.29 is 8.42 Å². The average Bonchev–Trinajstić information content (AvgIpc) is 3.08. The first kappa shape index (κ1) is 16.5. The number of sulfonamides is 1. The number of benzene rings is 2. The summed E-state index contributed by atoms with van der Waals surface area (Å²) in [6, 6.07) is 17.9. The van der Waals surface area contributed by atoms with Crippen LogP contribution in [0.15, 0.2) is 71.8 Å². The van der Waals surface area contributed by atoms with E-state index in [0.717, 1.165) is 22.4 Å². The van der Waals surface area contributed by atoms with Gasteiger partial charge in [0.1, 0.15) is 0 Å². The summed E-state index contributed by atoms with van der Waals surface area (Å²) < 4.78 is 28.3. The fourth-order valence-corrected chi connectivity index (χ4v) is 3.74. The number of H-pyrrole nitrogens is 1. The lowest BCUT2D eigenvalue weighted by molar-refractivity contribution is 0.570. The summed E-state index contributed by atoms with van der Waals surface area (Å²) in [5.41, 5.74) is 3.84. The van der Waals surface area contributed by atoms with Crippen LogP contribution in [0.25, 0.3) is 0 Å². The Labute approximate surface area is 142 Å². The summed E-state index contributed by atoms with van der Waals surface area (Å²) in [4.78, 5) is 3.37. The molecule has 2 N–H and O–H groups in total. The van der Waals surface area contributed by atoms with Crippen molar-refractivity contribution in [2.24, 2.45) is 0 Å². The molecule has 124 valence electrons. The van der Waals surface area contributed by atoms with E-state index in [1.165, 1.54) is 0 Å². The van der Waals surface area contributed by atoms with Crippen molar-refractivity contribution in [3.8, 4) is 0 Å². The molecule has 3 aromatic rings. The molecule has 2 aromatic carbocycles. The number of hydrogen-bond donors (Lipinski definition) is 2. The van der Waals surface area contributed by atoms with Crippen molar-refractivity contribution in [3.63, 3.8) is 0 Å². The molecule has 0 spiro atoms. The minimum atomic E-state index is -3.63. The Bertz CT molecular complexity index is 897. The maximum absolute atomic E-state index is 12.8. The highest BCUT2D eigenvalue weighted by Gasteiger charge is 2.23. The Morgan fingerprint density at radius 1 is 0.875 bits per heavy atom. The molecule has 24 heavy (non-hydrogen) atoms. The lowest BCUT2D eigenvalue weighted by Gasteiger charge is -2.19. The van der Waals surface area contributed by atoms with Crippen LogP contribution in [0.3, 0.4) is 0 Å². The smallest absolute Gasteiger partial charge is 0.241 e. The maximum atomic E-state index is 12.8. The van der Waals surface area contributed by atoms with Crippen molar-refractivity contribution in [1.82, 2.24) is 9.71 Å². The summed E-state index contributed by atoms with van der Waals surface area (Å²) in [5.74, 6) is 0. The Balaban J connectivity index is 1.97. The number of aromatic amines is 1. The van der Waals surface area contributed by atoms with Gasteiger partial charge < -0.3 is 4.98 Å². The fourth-order valence-electron chi connectivity index (χ4n) is 2.53.